The molecule has 0 aliphatic carbocycles. The number of anilines is 1. The van der Waals surface area contributed by atoms with E-state index in [0.29, 0.717) is 11.4 Å². The number of ether oxygens (including phenoxy) is 1. The molecule has 1 aliphatic rings. The molecule has 1 atom stereocenters. The average molecular weight is 221 g/mol. The van der Waals surface area contributed by atoms with Crippen LogP contribution in [0.4, 0.5) is 5.69 Å². The second-order valence-corrected chi connectivity index (χ2v) is 3.70. The Morgan fingerprint density at radius 1 is 1.56 bits per heavy atom. The van der Waals surface area contributed by atoms with E-state index >= 15 is 0 Å². The Labute approximate surface area is 92.0 Å². The van der Waals surface area contributed by atoms with Crippen molar-refractivity contribution >= 4 is 17.6 Å². The van der Waals surface area contributed by atoms with E-state index in [-0.39, 0.29) is 24.0 Å². The molecule has 0 spiro atoms. The van der Waals surface area contributed by atoms with Crippen molar-refractivity contribution in [3.63, 3.8) is 0 Å². The summed E-state index contributed by atoms with van der Waals surface area (Å²) in [5, 5.41) is 11.4. The predicted molar refractivity (Wildman–Crippen MR) is 56.7 cm³/mol. The van der Waals surface area contributed by atoms with Crippen molar-refractivity contribution in [1.29, 1.82) is 0 Å². The monoisotopic (exact) mass is 221 g/mol. The van der Waals surface area contributed by atoms with E-state index in [0.717, 1.165) is 0 Å². The Morgan fingerprint density at radius 2 is 2.31 bits per heavy atom. The summed E-state index contributed by atoms with van der Waals surface area (Å²) in [6.07, 6.45) is 0.0498. The number of amides is 1. The topological polar surface area (TPSA) is 75.6 Å². The lowest BCUT2D eigenvalue weighted by molar-refractivity contribution is -0.117. The maximum absolute atomic E-state index is 11.4. The number of aromatic carboxylic acids is 1. The Balaban J connectivity index is 2.42. The lowest BCUT2D eigenvalue weighted by Gasteiger charge is -2.11. The molecule has 0 fully saturated rings. The third-order valence-electron chi connectivity index (χ3n) is 2.30. The van der Waals surface area contributed by atoms with Gasteiger partial charge < -0.3 is 15.2 Å². The van der Waals surface area contributed by atoms with Crippen LogP contribution in [0.5, 0.6) is 5.75 Å². The van der Waals surface area contributed by atoms with E-state index in [1.54, 1.807) is 13.0 Å². The van der Waals surface area contributed by atoms with Crippen molar-refractivity contribution < 1.29 is 19.4 Å². The van der Waals surface area contributed by atoms with Gasteiger partial charge in [-0.2, -0.15) is 0 Å². The largest absolute Gasteiger partial charge is 0.488 e. The summed E-state index contributed by atoms with van der Waals surface area (Å²) in [7, 11) is 0. The Kier molecular flexibility index (Phi) is 2.52. The number of hydrogen-bond acceptors (Lipinski definition) is 3. The van der Waals surface area contributed by atoms with Gasteiger partial charge in [0.1, 0.15) is 11.9 Å². The van der Waals surface area contributed by atoms with Crippen LogP contribution >= 0.6 is 0 Å². The van der Waals surface area contributed by atoms with E-state index in [9.17, 15) is 9.59 Å². The van der Waals surface area contributed by atoms with Crippen molar-refractivity contribution in [2.45, 2.75) is 19.4 Å². The van der Waals surface area contributed by atoms with Gasteiger partial charge in [-0.3, -0.25) is 4.79 Å². The summed E-state index contributed by atoms with van der Waals surface area (Å²) in [6, 6.07) is 4.40. The first kappa shape index (κ1) is 10.5. The van der Waals surface area contributed by atoms with E-state index in [2.05, 4.69) is 5.32 Å². The zero-order valence-electron chi connectivity index (χ0n) is 8.69. The minimum absolute atomic E-state index is 0.122. The van der Waals surface area contributed by atoms with Gasteiger partial charge >= 0.3 is 5.97 Å². The van der Waals surface area contributed by atoms with Crippen LogP contribution in [-0.2, 0) is 4.79 Å². The quantitative estimate of drug-likeness (QED) is 0.753. The number of carboxylic acids is 1. The zero-order chi connectivity index (χ0) is 11.7. The maximum Gasteiger partial charge on any atom is 0.335 e. The summed E-state index contributed by atoms with van der Waals surface area (Å²) < 4.78 is 5.49. The first-order valence-corrected chi connectivity index (χ1v) is 4.90. The van der Waals surface area contributed by atoms with Crippen LogP contribution < -0.4 is 10.1 Å². The summed E-state index contributed by atoms with van der Waals surface area (Å²) in [4.78, 5) is 22.2. The molecule has 1 unspecified atom stereocenters. The first-order valence-electron chi connectivity index (χ1n) is 4.90. The zero-order valence-corrected chi connectivity index (χ0v) is 8.69. The smallest absolute Gasteiger partial charge is 0.335 e. The Morgan fingerprint density at radius 3 is 3.00 bits per heavy atom. The Hall–Kier alpha value is -2.04. The predicted octanol–water partition coefficient (Wildman–Crippen LogP) is 1.49. The van der Waals surface area contributed by atoms with Crippen molar-refractivity contribution in [3.05, 3.63) is 23.8 Å². The second kappa shape index (κ2) is 3.84. The van der Waals surface area contributed by atoms with Crippen LogP contribution in [0.2, 0.25) is 0 Å². The minimum atomic E-state index is -1.03. The van der Waals surface area contributed by atoms with Crippen LogP contribution in [0.25, 0.3) is 0 Å². The normalized spacial score (nSPS) is 19.1. The van der Waals surface area contributed by atoms with Crippen LogP contribution in [0.3, 0.4) is 0 Å². The highest BCUT2D eigenvalue weighted by Crippen LogP contribution is 2.29. The van der Waals surface area contributed by atoms with Gasteiger partial charge in [0.15, 0.2) is 0 Å². The van der Waals surface area contributed by atoms with Crippen molar-refractivity contribution in [2.75, 3.05) is 5.32 Å². The van der Waals surface area contributed by atoms with Crippen molar-refractivity contribution in [2.24, 2.45) is 0 Å². The molecular weight excluding hydrogens is 210 g/mol. The molecule has 1 aliphatic heterocycles. The molecule has 1 aromatic carbocycles. The number of hydrogen-bond donors (Lipinski definition) is 2. The molecule has 16 heavy (non-hydrogen) atoms. The minimum Gasteiger partial charge on any atom is -0.488 e. The molecule has 2 N–H and O–H groups in total. The van der Waals surface area contributed by atoms with Gasteiger partial charge in [0.25, 0.3) is 0 Å². The number of carbonyl (C=O) groups excluding carboxylic acids is 1. The van der Waals surface area contributed by atoms with Crippen molar-refractivity contribution in [1.82, 2.24) is 0 Å². The summed E-state index contributed by atoms with van der Waals surface area (Å²) >= 11 is 0. The van der Waals surface area contributed by atoms with Gasteiger partial charge in [-0.1, -0.05) is 0 Å². The van der Waals surface area contributed by atoms with Crippen LogP contribution in [0, 0.1) is 0 Å². The SMILES string of the molecule is CC1CC(=O)Nc2cc(C(=O)O)ccc2O1. The fraction of sp³-hybridized carbons (Fsp3) is 0.273. The molecule has 84 valence electrons. The van der Waals surface area contributed by atoms with E-state index < -0.39 is 5.97 Å². The summed E-state index contributed by atoms with van der Waals surface area (Å²) in [5.74, 6) is -0.702. The molecule has 1 aromatic rings. The van der Waals surface area contributed by atoms with E-state index in [1.807, 2.05) is 0 Å². The number of carbonyl (C=O) groups is 2. The summed E-state index contributed by atoms with van der Waals surface area (Å²) in [5.41, 5.74) is 0.534. The molecule has 5 nitrogen and oxygen atoms in total. The molecule has 0 radical (unpaired) electrons. The third-order valence-corrected chi connectivity index (χ3v) is 2.30. The molecular formula is C11H11NO4. The lowest BCUT2D eigenvalue weighted by atomic mass is 10.2. The van der Waals surface area contributed by atoms with Gasteiger partial charge in [0, 0.05) is 0 Å². The fourth-order valence-electron chi connectivity index (χ4n) is 1.58. The molecule has 0 saturated carbocycles. The summed E-state index contributed by atoms with van der Waals surface area (Å²) in [6.45, 7) is 1.79. The van der Waals surface area contributed by atoms with Crippen LogP contribution in [-0.4, -0.2) is 23.1 Å². The highest BCUT2D eigenvalue weighted by atomic mass is 16.5. The molecule has 0 saturated heterocycles. The highest BCUT2D eigenvalue weighted by molar-refractivity contribution is 5.96. The first-order chi connectivity index (χ1) is 7.56. The Bertz CT molecular complexity index is 455. The molecule has 2 rings (SSSR count). The van der Waals surface area contributed by atoms with Crippen LogP contribution in [0.1, 0.15) is 23.7 Å². The van der Waals surface area contributed by atoms with Gasteiger partial charge in [0.2, 0.25) is 5.91 Å². The molecule has 0 bridgehead atoms. The van der Waals surface area contributed by atoms with Gasteiger partial charge in [-0.15, -0.1) is 0 Å². The molecule has 5 heteroatoms. The van der Waals surface area contributed by atoms with E-state index in [1.165, 1.54) is 12.1 Å². The highest BCUT2D eigenvalue weighted by Gasteiger charge is 2.20. The second-order valence-electron chi connectivity index (χ2n) is 3.70. The van der Waals surface area contributed by atoms with Crippen molar-refractivity contribution in [3.8, 4) is 5.75 Å². The fourth-order valence-corrected chi connectivity index (χ4v) is 1.58. The molecule has 1 heterocycles. The number of benzene rings is 1. The molecule has 0 aromatic heterocycles. The lowest BCUT2D eigenvalue weighted by Crippen LogP contribution is -2.17. The van der Waals surface area contributed by atoms with Crippen LogP contribution in [0.15, 0.2) is 18.2 Å². The standard InChI is InChI=1S/C11H11NO4/c1-6-4-10(13)12-8-5-7(11(14)15)2-3-9(8)16-6/h2-3,5-6H,4H2,1H3,(H,12,13)(H,14,15). The third kappa shape index (κ3) is 1.98. The number of carboxylic acid groups (broad SMARTS) is 1. The van der Waals surface area contributed by atoms with E-state index in [4.69, 9.17) is 9.84 Å². The number of rotatable bonds is 1. The van der Waals surface area contributed by atoms with Gasteiger partial charge in [-0.05, 0) is 25.1 Å². The maximum atomic E-state index is 11.4. The number of nitrogens with one attached hydrogen (secondary N) is 1. The molecule has 1 amide bonds. The number of fused-ring (bicyclic) bond motifs is 1. The van der Waals surface area contributed by atoms with Gasteiger partial charge in [0.05, 0.1) is 17.7 Å². The van der Waals surface area contributed by atoms with Gasteiger partial charge in [-0.25, -0.2) is 4.79 Å². The average Bonchev–Trinajstić information content (AvgIpc) is 2.32.